The fourth-order valence-corrected chi connectivity index (χ4v) is 3.48. The highest BCUT2D eigenvalue weighted by Gasteiger charge is 2.13. The summed E-state index contributed by atoms with van der Waals surface area (Å²) in [5.41, 5.74) is -0.850. The van der Waals surface area contributed by atoms with Crippen molar-refractivity contribution in [3.8, 4) is 0 Å². The van der Waals surface area contributed by atoms with Gasteiger partial charge in [0.1, 0.15) is 11.6 Å². The Balaban J connectivity index is 2.10. The highest BCUT2D eigenvalue weighted by molar-refractivity contribution is 8.76. The van der Waals surface area contributed by atoms with Crippen LogP contribution in [-0.4, -0.2) is 22.2 Å². The summed E-state index contributed by atoms with van der Waals surface area (Å²) in [7, 11) is 2.20. The van der Waals surface area contributed by atoms with E-state index in [9.17, 15) is 18.4 Å². The van der Waals surface area contributed by atoms with Crippen molar-refractivity contribution in [2.75, 3.05) is 0 Å². The molecular weight excluding hydrogens is 334 g/mol. The number of carbonyl (C=O) groups is 2. The van der Waals surface area contributed by atoms with Crippen LogP contribution in [0.1, 0.15) is 20.7 Å². The second-order valence-electron chi connectivity index (χ2n) is 4.06. The summed E-state index contributed by atoms with van der Waals surface area (Å²) in [5, 5.41) is 17.4. The fraction of sp³-hybridized carbons (Fsp3) is 0. The van der Waals surface area contributed by atoms with E-state index in [4.69, 9.17) is 10.2 Å². The van der Waals surface area contributed by atoms with Gasteiger partial charge in [-0.15, -0.1) is 0 Å². The molecule has 0 radical (unpaired) electrons. The molecule has 2 aromatic carbocycles. The maximum Gasteiger partial charge on any atom is 0.338 e. The smallest absolute Gasteiger partial charge is 0.338 e. The standard InChI is InChI=1S/C14H8F2O4S2/c15-11-5-7(1-3-9(11)13(17)18)21-22-8-2-4-10(14(19)20)12(16)6-8/h1-6H,(H,17,18)(H,19,20). The zero-order valence-corrected chi connectivity index (χ0v) is 12.4. The first-order valence-corrected chi connectivity index (χ1v) is 7.93. The maximum absolute atomic E-state index is 13.5. The third-order valence-electron chi connectivity index (χ3n) is 2.58. The Hall–Kier alpha value is -2.06. The largest absolute Gasteiger partial charge is 0.478 e. The molecule has 0 aliphatic heterocycles. The lowest BCUT2D eigenvalue weighted by Crippen LogP contribution is -2.00. The van der Waals surface area contributed by atoms with Gasteiger partial charge in [0.2, 0.25) is 0 Å². The van der Waals surface area contributed by atoms with E-state index in [2.05, 4.69) is 0 Å². The average molecular weight is 342 g/mol. The molecule has 2 N–H and O–H groups in total. The Morgan fingerprint density at radius 2 is 1.14 bits per heavy atom. The molecule has 2 aromatic rings. The normalized spacial score (nSPS) is 10.5. The Labute approximate surface area is 131 Å². The number of aromatic carboxylic acids is 2. The summed E-state index contributed by atoms with van der Waals surface area (Å²) in [6.45, 7) is 0. The van der Waals surface area contributed by atoms with Crippen LogP contribution in [0.5, 0.6) is 0 Å². The lowest BCUT2D eigenvalue weighted by molar-refractivity contribution is 0.0680. The van der Waals surface area contributed by atoms with Crippen molar-refractivity contribution in [3.05, 3.63) is 59.2 Å². The van der Waals surface area contributed by atoms with Crippen molar-refractivity contribution in [1.29, 1.82) is 0 Å². The Bertz CT molecular complexity index is 686. The third kappa shape index (κ3) is 3.77. The molecular formula is C14H8F2O4S2. The monoisotopic (exact) mass is 342 g/mol. The van der Waals surface area contributed by atoms with Gasteiger partial charge in [0.05, 0.1) is 11.1 Å². The van der Waals surface area contributed by atoms with Crippen LogP contribution < -0.4 is 0 Å². The Morgan fingerprint density at radius 1 is 0.773 bits per heavy atom. The topological polar surface area (TPSA) is 74.6 Å². The molecule has 22 heavy (non-hydrogen) atoms. The van der Waals surface area contributed by atoms with Gasteiger partial charge in [0, 0.05) is 9.79 Å². The van der Waals surface area contributed by atoms with Crippen LogP contribution in [-0.2, 0) is 0 Å². The van der Waals surface area contributed by atoms with E-state index in [0.29, 0.717) is 9.79 Å². The van der Waals surface area contributed by atoms with Crippen LogP contribution in [0.3, 0.4) is 0 Å². The quantitative estimate of drug-likeness (QED) is 0.795. The minimum Gasteiger partial charge on any atom is -0.478 e. The summed E-state index contributed by atoms with van der Waals surface area (Å²) in [5.74, 6) is -4.42. The minimum atomic E-state index is -1.35. The summed E-state index contributed by atoms with van der Waals surface area (Å²) >= 11 is 0. The van der Waals surface area contributed by atoms with Crippen molar-refractivity contribution >= 4 is 33.5 Å². The molecule has 114 valence electrons. The first-order valence-electron chi connectivity index (χ1n) is 5.78. The molecule has 0 saturated heterocycles. The number of carboxylic acid groups (broad SMARTS) is 2. The van der Waals surface area contributed by atoms with Crippen LogP contribution >= 0.6 is 21.6 Å². The average Bonchev–Trinajstić information content (AvgIpc) is 2.44. The van der Waals surface area contributed by atoms with E-state index in [-0.39, 0.29) is 0 Å². The lowest BCUT2D eigenvalue weighted by Gasteiger charge is -2.04. The summed E-state index contributed by atoms with van der Waals surface area (Å²) in [6, 6.07) is 7.31. The van der Waals surface area contributed by atoms with Crippen LogP contribution in [0.25, 0.3) is 0 Å². The zero-order valence-electron chi connectivity index (χ0n) is 10.7. The molecule has 0 amide bonds. The molecule has 0 aliphatic carbocycles. The van der Waals surface area contributed by atoms with Crippen molar-refractivity contribution in [3.63, 3.8) is 0 Å². The number of halogens is 2. The van der Waals surface area contributed by atoms with Gasteiger partial charge in [-0.1, -0.05) is 21.6 Å². The molecule has 8 heteroatoms. The van der Waals surface area contributed by atoms with Gasteiger partial charge in [0.25, 0.3) is 0 Å². The molecule has 0 unspecified atom stereocenters. The molecule has 4 nitrogen and oxygen atoms in total. The molecule has 0 heterocycles. The van der Waals surface area contributed by atoms with Gasteiger partial charge >= 0.3 is 11.9 Å². The highest BCUT2D eigenvalue weighted by atomic mass is 33.1. The van der Waals surface area contributed by atoms with Crippen molar-refractivity contribution in [2.45, 2.75) is 9.79 Å². The summed E-state index contributed by atoms with van der Waals surface area (Å²) < 4.78 is 27.0. The minimum absolute atomic E-state index is 0.425. The van der Waals surface area contributed by atoms with E-state index in [1.807, 2.05) is 0 Å². The van der Waals surface area contributed by atoms with Crippen LogP contribution in [0.2, 0.25) is 0 Å². The molecule has 0 aromatic heterocycles. The van der Waals surface area contributed by atoms with Gasteiger partial charge in [-0.25, -0.2) is 18.4 Å². The number of benzene rings is 2. The molecule has 0 atom stereocenters. The van der Waals surface area contributed by atoms with Crippen LogP contribution in [0.4, 0.5) is 8.78 Å². The number of hydrogen-bond donors (Lipinski definition) is 2. The molecule has 0 saturated carbocycles. The Morgan fingerprint density at radius 3 is 1.41 bits per heavy atom. The predicted octanol–water partition coefficient (Wildman–Crippen LogP) is 4.16. The zero-order chi connectivity index (χ0) is 16.3. The van der Waals surface area contributed by atoms with Gasteiger partial charge < -0.3 is 10.2 Å². The van der Waals surface area contributed by atoms with E-state index in [1.54, 1.807) is 0 Å². The van der Waals surface area contributed by atoms with Gasteiger partial charge in [0.15, 0.2) is 0 Å². The SMILES string of the molecule is O=C(O)c1ccc(SSc2ccc(C(=O)O)c(F)c2)cc1F. The van der Waals surface area contributed by atoms with Crippen LogP contribution in [0, 0.1) is 11.6 Å². The fourth-order valence-electron chi connectivity index (χ4n) is 1.54. The van der Waals surface area contributed by atoms with Crippen molar-refractivity contribution in [1.82, 2.24) is 0 Å². The molecule has 0 aliphatic rings. The second-order valence-corrected chi connectivity index (χ2v) is 6.34. The summed E-state index contributed by atoms with van der Waals surface area (Å²) in [6.07, 6.45) is 0. The summed E-state index contributed by atoms with van der Waals surface area (Å²) in [4.78, 5) is 22.3. The van der Waals surface area contributed by atoms with E-state index >= 15 is 0 Å². The van der Waals surface area contributed by atoms with E-state index < -0.39 is 34.7 Å². The van der Waals surface area contributed by atoms with Crippen molar-refractivity contribution in [2.24, 2.45) is 0 Å². The van der Waals surface area contributed by atoms with Crippen molar-refractivity contribution < 1.29 is 28.6 Å². The maximum atomic E-state index is 13.5. The molecule has 2 rings (SSSR count). The lowest BCUT2D eigenvalue weighted by atomic mass is 10.2. The first-order chi connectivity index (χ1) is 10.4. The number of carboxylic acids is 2. The molecule has 0 bridgehead atoms. The molecule has 0 fully saturated rings. The molecule has 0 spiro atoms. The Kier molecular flexibility index (Phi) is 5.04. The first kappa shape index (κ1) is 16.3. The predicted molar refractivity (Wildman–Crippen MR) is 78.4 cm³/mol. The van der Waals surface area contributed by atoms with Crippen LogP contribution in [0.15, 0.2) is 46.2 Å². The van der Waals surface area contributed by atoms with Gasteiger partial charge in [-0.05, 0) is 36.4 Å². The number of hydrogen-bond acceptors (Lipinski definition) is 4. The van der Waals surface area contributed by atoms with Gasteiger partial charge in [-0.2, -0.15) is 0 Å². The van der Waals surface area contributed by atoms with Gasteiger partial charge in [-0.3, -0.25) is 0 Å². The number of rotatable bonds is 5. The van der Waals surface area contributed by atoms with E-state index in [1.165, 1.54) is 12.1 Å². The van der Waals surface area contributed by atoms with E-state index in [0.717, 1.165) is 45.9 Å². The second kappa shape index (κ2) is 6.80. The third-order valence-corrected chi connectivity index (χ3v) is 4.96. The highest BCUT2D eigenvalue weighted by Crippen LogP contribution is 2.38.